The standard InChI is InChI=1S/C7H13NO3/c1-5(7(10)11)3-2-4-6(8)9/h5H,2-4H2,1H3,(H2,8,9)(H,10,11). The van der Waals surface area contributed by atoms with E-state index in [-0.39, 0.29) is 18.2 Å². The molecule has 0 aromatic carbocycles. The molecule has 1 atom stereocenters. The van der Waals surface area contributed by atoms with Crippen molar-refractivity contribution in [2.45, 2.75) is 26.2 Å². The molecule has 0 rings (SSSR count). The van der Waals surface area contributed by atoms with Crippen LogP contribution < -0.4 is 5.73 Å². The maximum absolute atomic E-state index is 10.3. The van der Waals surface area contributed by atoms with E-state index in [1.807, 2.05) is 0 Å². The number of hydrogen-bond donors (Lipinski definition) is 2. The minimum Gasteiger partial charge on any atom is -0.481 e. The molecule has 1 amide bonds. The van der Waals surface area contributed by atoms with Gasteiger partial charge in [0.1, 0.15) is 0 Å². The first-order chi connectivity index (χ1) is 5.04. The molecule has 0 fully saturated rings. The number of primary amides is 1. The molecule has 0 radical (unpaired) electrons. The normalized spacial score (nSPS) is 12.5. The Morgan fingerprint density at radius 1 is 1.55 bits per heavy atom. The molecule has 3 N–H and O–H groups in total. The monoisotopic (exact) mass is 159 g/mol. The summed E-state index contributed by atoms with van der Waals surface area (Å²) < 4.78 is 0. The zero-order chi connectivity index (χ0) is 8.85. The average molecular weight is 159 g/mol. The summed E-state index contributed by atoms with van der Waals surface area (Å²) in [6.45, 7) is 1.61. The molecule has 1 unspecified atom stereocenters. The molecule has 11 heavy (non-hydrogen) atoms. The molecule has 4 nitrogen and oxygen atoms in total. The zero-order valence-electron chi connectivity index (χ0n) is 6.54. The number of carboxylic acid groups (broad SMARTS) is 1. The Bertz CT molecular complexity index is 156. The molecule has 64 valence electrons. The summed E-state index contributed by atoms with van der Waals surface area (Å²) in [5.41, 5.74) is 4.87. The van der Waals surface area contributed by atoms with Crippen LogP contribution in [0.2, 0.25) is 0 Å². The van der Waals surface area contributed by atoms with Gasteiger partial charge in [-0.25, -0.2) is 0 Å². The Morgan fingerprint density at radius 3 is 2.45 bits per heavy atom. The lowest BCUT2D eigenvalue weighted by atomic mass is 10.0. The summed E-state index contributed by atoms with van der Waals surface area (Å²) in [6, 6.07) is 0. The second-order valence-electron chi connectivity index (χ2n) is 2.60. The van der Waals surface area contributed by atoms with E-state index in [0.717, 1.165) is 0 Å². The second kappa shape index (κ2) is 4.71. The van der Waals surface area contributed by atoms with Gasteiger partial charge in [0, 0.05) is 6.42 Å². The van der Waals surface area contributed by atoms with Crippen LogP contribution in [0.1, 0.15) is 26.2 Å². The first-order valence-corrected chi connectivity index (χ1v) is 3.55. The summed E-state index contributed by atoms with van der Waals surface area (Å²) >= 11 is 0. The molecule has 0 bridgehead atoms. The number of carbonyl (C=O) groups excluding carboxylic acids is 1. The van der Waals surface area contributed by atoms with Gasteiger partial charge in [-0.1, -0.05) is 6.92 Å². The Labute approximate surface area is 65.4 Å². The van der Waals surface area contributed by atoms with Crippen LogP contribution in [0.4, 0.5) is 0 Å². The number of aliphatic carboxylic acids is 1. The van der Waals surface area contributed by atoms with Crippen molar-refractivity contribution in [3.8, 4) is 0 Å². The van der Waals surface area contributed by atoms with Crippen molar-refractivity contribution in [1.82, 2.24) is 0 Å². The Hall–Kier alpha value is -1.06. The Balaban J connectivity index is 3.39. The summed E-state index contributed by atoms with van der Waals surface area (Å²) in [5.74, 6) is -1.58. The fourth-order valence-electron chi connectivity index (χ4n) is 0.706. The number of carbonyl (C=O) groups is 2. The van der Waals surface area contributed by atoms with Crippen molar-refractivity contribution >= 4 is 11.9 Å². The topological polar surface area (TPSA) is 80.4 Å². The van der Waals surface area contributed by atoms with Gasteiger partial charge in [0.2, 0.25) is 5.91 Å². The molecule has 0 aromatic heterocycles. The van der Waals surface area contributed by atoms with Gasteiger partial charge in [0.25, 0.3) is 0 Å². The number of amides is 1. The molecule has 0 saturated carbocycles. The molecule has 0 aromatic rings. The van der Waals surface area contributed by atoms with E-state index in [2.05, 4.69) is 0 Å². The van der Waals surface area contributed by atoms with E-state index >= 15 is 0 Å². The molecule has 0 aliphatic rings. The van der Waals surface area contributed by atoms with Gasteiger partial charge in [-0.2, -0.15) is 0 Å². The first-order valence-electron chi connectivity index (χ1n) is 3.55. The van der Waals surface area contributed by atoms with Gasteiger partial charge in [0.05, 0.1) is 5.92 Å². The van der Waals surface area contributed by atoms with Gasteiger partial charge < -0.3 is 10.8 Å². The maximum atomic E-state index is 10.3. The highest BCUT2D eigenvalue weighted by atomic mass is 16.4. The van der Waals surface area contributed by atoms with E-state index in [1.54, 1.807) is 6.92 Å². The van der Waals surface area contributed by atoms with Gasteiger partial charge in [-0.05, 0) is 12.8 Å². The first kappa shape index (κ1) is 9.94. The third kappa shape index (κ3) is 5.39. The van der Waals surface area contributed by atoms with Crippen LogP contribution in [0.5, 0.6) is 0 Å². The van der Waals surface area contributed by atoms with Crippen LogP contribution in [0.3, 0.4) is 0 Å². The van der Waals surface area contributed by atoms with Crippen LogP contribution in [-0.4, -0.2) is 17.0 Å². The quantitative estimate of drug-likeness (QED) is 0.607. The smallest absolute Gasteiger partial charge is 0.306 e. The second-order valence-corrected chi connectivity index (χ2v) is 2.60. The van der Waals surface area contributed by atoms with Gasteiger partial charge >= 0.3 is 5.97 Å². The molecule has 0 spiro atoms. The van der Waals surface area contributed by atoms with Crippen molar-refractivity contribution < 1.29 is 14.7 Å². The van der Waals surface area contributed by atoms with Crippen LogP contribution in [0.15, 0.2) is 0 Å². The third-order valence-electron chi connectivity index (χ3n) is 1.48. The van der Waals surface area contributed by atoms with Crippen LogP contribution in [0.25, 0.3) is 0 Å². The Morgan fingerprint density at radius 2 is 2.09 bits per heavy atom. The lowest BCUT2D eigenvalue weighted by Crippen LogP contribution is -2.13. The minimum atomic E-state index is -0.825. The molecule has 0 saturated heterocycles. The van der Waals surface area contributed by atoms with Crippen LogP contribution >= 0.6 is 0 Å². The van der Waals surface area contributed by atoms with Gasteiger partial charge in [-0.15, -0.1) is 0 Å². The predicted molar refractivity (Wildman–Crippen MR) is 39.8 cm³/mol. The van der Waals surface area contributed by atoms with Crippen molar-refractivity contribution in [1.29, 1.82) is 0 Å². The van der Waals surface area contributed by atoms with Crippen LogP contribution in [0, 0.1) is 5.92 Å². The summed E-state index contributed by atoms with van der Waals surface area (Å²) in [4.78, 5) is 20.5. The minimum absolute atomic E-state index is 0.275. The van der Waals surface area contributed by atoms with Crippen LogP contribution in [-0.2, 0) is 9.59 Å². The molecule has 0 heterocycles. The molecular formula is C7H13NO3. The summed E-state index contributed by atoms with van der Waals surface area (Å²) in [7, 11) is 0. The van der Waals surface area contributed by atoms with E-state index in [1.165, 1.54) is 0 Å². The van der Waals surface area contributed by atoms with E-state index < -0.39 is 5.97 Å². The fraction of sp³-hybridized carbons (Fsp3) is 0.714. The third-order valence-corrected chi connectivity index (χ3v) is 1.48. The van der Waals surface area contributed by atoms with E-state index in [4.69, 9.17) is 10.8 Å². The Kier molecular flexibility index (Phi) is 4.26. The van der Waals surface area contributed by atoms with Gasteiger partial charge in [-0.3, -0.25) is 9.59 Å². The molecular weight excluding hydrogens is 146 g/mol. The van der Waals surface area contributed by atoms with E-state index in [0.29, 0.717) is 12.8 Å². The molecule has 4 heteroatoms. The van der Waals surface area contributed by atoms with Gasteiger partial charge in [0.15, 0.2) is 0 Å². The highest BCUT2D eigenvalue weighted by molar-refractivity contribution is 5.73. The van der Waals surface area contributed by atoms with Crippen molar-refractivity contribution in [3.05, 3.63) is 0 Å². The van der Waals surface area contributed by atoms with E-state index in [9.17, 15) is 9.59 Å². The predicted octanol–water partition coefficient (Wildman–Crippen LogP) is 0.363. The highest BCUT2D eigenvalue weighted by Gasteiger charge is 2.09. The average Bonchev–Trinajstić information content (AvgIpc) is 1.86. The largest absolute Gasteiger partial charge is 0.481 e. The highest BCUT2D eigenvalue weighted by Crippen LogP contribution is 2.06. The number of nitrogens with two attached hydrogens (primary N) is 1. The molecule has 0 aliphatic heterocycles. The fourth-order valence-corrected chi connectivity index (χ4v) is 0.706. The number of carboxylic acids is 1. The number of rotatable bonds is 5. The number of hydrogen-bond acceptors (Lipinski definition) is 2. The lowest BCUT2D eigenvalue weighted by molar-refractivity contribution is -0.141. The van der Waals surface area contributed by atoms with Crippen molar-refractivity contribution in [3.63, 3.8) is 0 Å². The SMILES string of the molecule is CC(CCCC(N)=O)C(=O)O. The van der Waals surface area contributed by atoms with Crippen molar-refractivity contribution in [2.24, 2.45) is 11.7 Å². The lowest BCUT2D eigenvalue weighted by Gasteiger charge is -2.02. The zero-order valence-corrected chi connectivity index (χ0v) is 6.54. The maximum Gasteiger partial charge on any atom is 0.306 e. The summed E-state index contributed by atoms with van der Waals surface area (Å²) in [6.07, 6.45) is 1.35. The summed E-state index contributed by atoms with van der Waals surface area (Å²) in [5, 5.41) is 8.43. The molecule has 0 aliphatic carbocycles. The van der Waals surface area contributed by atoms with Crippen molar-refractivity contribution in [2.75, 3.05) is 0 Å².